The lowest BCUT2D eigenvalue weighted by Gasteiger charge is -2.45. The number of halogens is 6. The average molecular weight is 532 g/mol. The minimum atomic E-state index is -4.90. The molecule has 0 aromatic heterocycles. The number of rotatable bonds is 3. The molecule has 12 heteroatoms. The number of benzene rings is 2. The number of anilines is 1. The molecule has 0 radical (unpaired) electrons. The molecule has 1 fully saturated rings. The third kappa shape index (κ3) is 4.48. The molecule has 1 spiro atoms. The number of guanidine groups is 2. The van der Waals surface area contributed by atoms with Crippen molar-refractivity contribution >= 4 is 33.5 Å². The Balaban J connectivity index is 1.73. The first-order chi connectivity index (χ1) is 15.5. The molecular formula is C21H19BrF5N5O. The summed E-state index contributed by atoms with van der Waals surface area (Å²) in [6.07, 6.45) is -0.757. The summed E-state index contributed by atoms with van der Waals surface area (Å²) in [5.41, 5.74) is 10.3. The molecule has 0 bridgehead atoms. The first-order valence-electron chi connectivity index (χ1n) is 10.0. The van der Waals surface area contributed by atoms with E-state index in [2.05, 4.69) is 25.9 Å². The SMILES string of the molecule is NC1=NC2(CCCCC2)N(c2ccc(Br)c(Oc3c(F)cc(C(F)(F)F)cc3F)c2)C(N)=N1. The Hall–Kier alpha value is -2.89. The number of ether oxygens (including phenoxy) is 1. The fraction of sp³-hybridized carbons (Fsp3) is 0.333. The lowest BCUT2D eigenvalue weighted by atomic mass is 9.87. The van der Waals surface area contributed by atoms with Crippen LogP contribution in [0.15, 0.2) is 44.8 Å². The largest absolute Gasteiger partial charge is 0.450 e. The first kappa shape index (κ1) is 23.3. The second-order valence-corrected chi connectivity index (χ2v) is 8.66. The fourth-order valence-electron chi connectivity index (χ4n) is 4.14. The van der Waals surface area contributed by atoms with Gasteiger partial charge in [0.25, 0.3) is 0 Å². The van der Waals surface area contributed by atoms with Crippen molar-refractivity contribution in [2.24, 2.45) is 21.5 Å². The van der Waals surface area contributed by atoms with Crippen LogP contribution in [-0.2, 0) is 6.18 Å². The van der Waals surface area contributed by atoms with Gasteiger partial charge in [-0.2, -0.15) is 18.2 Å². The molecular weight excluding hydrogens is 513 g/mol. The summed E-state index contributed by atoms with van der Waals surface area (Å²) in [5, 5.41) is 0. The molecule has 0 amide bonds. The van der Waals surface area contributed by atoms with E-state index in [4.69, 9.17) is 16.2 Å². The molecule has 176 valence electrons. The number of nitrogens with two attached hydrogens (primary N) is 2. The van der Waals surface area contributed by atoms with Gasteiger partial charge in [-0.1, -0.05) is 6.42 Å². The maximum absolute atomic E-state index is 14.3. The van der Waals surface area contributed by atoms with Gasteiger partial charge in [-0.3, -0.25) is 4.90 Å². The summed E-state index contributed by atoms with van der Waals surface area (Å²) in [7, 11) is 0. The highest BCUT2D eigenvalue weighted by Crippen LogP contribution is 2.43. The van der Waals surface area contributed by atoms with Crippen LogP contribution < -0.4 is 21.1 Å². The van der Waals surface area contributed by atoms with Gasteiger partial charge >= 0.3 is 6.18 Å². The quantitative estimate of drug-likeness (QED) is 0.501. The Morgan fingerprint density at radius 1 is 1.00 bits per heavy atom. The zero-order valence-electron chi connectivity index (χ0n) is 17.1. The van der Waals surface area contributed by atoms with Crippen molar-refractivity contribution in [3.05, 3.63) is 52.0 Å². The number of hydrogen-bond donors (Lipinski definition) is 2. The number of hydrogen-bond acceptors (Lipinski definition) is 6. The zero-order valence-corrected chi connectivity index (χ0v) is 18.7. The van der Waals surface area contributed by atoms with Crippen LogP contribution in [0, 0.1) is 11.6 Å². The molecule has 0 atom stereocenters. The molecule has 6 nitrogen and oxygen atoms in total. The van der Waals surface area contributed by atoms with E-state index in [-0.39, 0.29) is 29.8 Å². The summed E-state index contributed by atoms with van der Waals surface area (Å²) in [6.45, 7) is 0. The molecule has 2 aliphatic rings. The zero-order chi connectivity index (χ0) is 24.0. The summed E-state index contributed by atoms with van der Waals surface area (Å²) >= 11 is 3.24. The maximum Gasteiger partial charge on any atom is 0.416 e. The van der Waals surface area contributed by atoms with Gasteiger partial charge in [0.1, 0.15) is 11.4 Å². The number of aliphatic imine (C=N–C) groups is 2. The van der Waals surface area contributed by atoms with Crippen LogP contribution in [0.3, 0.4) is 0 Å². The van der Waals surface area contributed by atoms with Crippen LogP contribution in [-0.4, -0.2) is 17.6 Å². The second kappa shape index (κ2) is 8.47. The Kier molecular flexibility index (Phi) is 5.97. The standard InChI is InChI=1S/C21H19BrF5N5O/c22-13-5-4-12(32-19(29)30-18(28)31-20(32)6-2-1-3-7-20)10-16(13)33-17-14(23)8-11(9-15(17)24)21(25,26)27/h4-5,8-10H,1-3,6-7H2,(H4,28,29,30,31). The minimum Gasteiger partial charge on any atom is -0.450 e. The third-order valence-electron chi connectivity index (χ3n) is 5.56. The van der Waals surface area contributed by atoms with Crippen molar-refractivity contribution in [2.75, 3.05) is 4.90 Å². The van der Waals surface area contributed by atoms with Gasteiger partial charge in [0.15, 0.2) is 17.4 Å². The lowest BCUT2D eigenvalue weighted by molar-refractivity contribution is -0.138. The van der Waals surface area contributed by atoms with Crippen molar-refractivity contribution in [1.29, 1.82) is 0 Å². The maximum atomic E-state index is 14.3. The second-order valence-electron chi connectivity index (χ2n) is 7.80. The predicted octanol–water partition coefficient (Wildman–Crippen LogP) is 5.65. The van der Waals surface area contributed by atoms with E-state index >= 15 is 0 Å². The molecule has 2 aromatic carbocycles. The van der Waals surface area contributed by atoms with E-state index in [9.17, 15) is 22.0 Å². The van der Waals surface area contributed by atoms with E-state index in [0.717, 1.165) is 19.3 Å². The normalized spacial score (nSPS) is 18.2. The van der Waals surface area contributed by atoms with Crippen molar-refractivity contribution in [3.63, 3.8) is 0 Å². The van der Waals surface area contributed by atoms with Crippen LogP contribution in [0.4, 0.5) is 27.6 Å². The van der Waals surface area contributed by atoms with Crippen LogP contribution in [0.25, 0.3) is 0 Å². The molecule has 4 rings (SSSR count). The Bertz CT molecular complexity index is 1120. The predicted molar refractivity (Wildman–Crippen MR) is 117 cm³/mol. The van der Waals surface area contributed by atoms with Crippen LogP contribution in [0.2, 0.25) is 0 Å². The molecule has 1 heterocycles. The molecule has 0 unspecified atom stereocenters. The van der Waals surface area contributed by atoms with Gasteiger partial charge in [0, 0.05) is 6.07 Å². The van der Waals surface area contributed by atoms with E-state index < -0.39 is 34.8 Å². The van der Waals surface area contributed by atoms with Gasteiger partial charge in [0.2, 0.25) is 11.9 Å². The highest BCUT2D eigenvalue weighted by atomic mass is 79.9. The Labute approximate surface area is 194 Å². The summed E-state index contributed by atoms with van der Waals surface area (Å²) < 4.78 is 72.9. The van der Waals surface area contributed by atoms with Crippen molar-refractivity contribution in [3.8, 4) is 11.5 Å². The molecule has 0 saturated heterocycles. The van der Waals surface area contributed by atoms with Crippen LogP contribution in [0.5, 0.6) is 11.5 Å². The highest BCUT2D eigenvalue weighted by Gasteiger charge is 2.42. The smallest absolute Gasteiger partial charge is 0.416 e. The summed E-state index contributed by atoms with van der Waals surface area (Å²) in [6, 6.07) is 5.07. The van der Waals surface area contributed by atoms with E-state index in [1.54, 1.807) is 17.0 Å². The molecule has 2 aromatic rings. The monoisotopic (exact) mass is 531 g/mol. The topological polar surface area (TPSA) is 89.2 Å². The van der Waals surface area contributed by atoms with E-state index in [1.165, 1.54) is 6.07 Å². The molecule has 1 saturated carbocycles. The van der Waals surface area contributed by atoms with E-state index in [0.29, 0.717) is 23.0 Å². The lowest BCUT2D eigenvalue weighted by Crippen LogP contribution is -2.58. The van der Waals surface area contributed by atoms with Gasteiger partial charge < -0.3 is 16.2 Å². The van der Waals surface area contributed by atoms with Gasteiger partial charge in [-0.05, 0) is 65.9 Å². The molecule has 4 N–H and O–H groups in total. The van der Waals surface area contributed by atoms with Crippen molar-refractivity contribution in [2.45, 2.75) is 43.9 Å². The first-order valence-corrected chi connectivity index (χ1v) is 10.8. The van der Waals surface area contributed by atoms with Crippen LogP contribution >= 0.6 is 15.9 Å². The fourth-order valence-corrected chi connectivity index (χ4v) is 4.46. The summed E-state index contributed by atoms with van der Waals surface area (Å²) in [5.74, 6) is -3.81. The van der Waals surface area contributed by atoms with Gasteiger partial charge in [-0.25, -0.2) is 13.8 Å². The van der Waals surface area contributed by atoms with Crippen molar-refractivity contribution in [1.82, 2.24) is 0 Å². The number of alkyl halides is 3. The highest BCUT2D eigenvalue weighted by molar-refractivity contribution is 9.10. The molecule has 1 aliphatic heterocycles. The average Bonchev–Trinajstić information content (AvgIpc) is 2.71. The van der Waals surface area contributed by atoms with Crippen molar-refractivity contribution < 1.29 is 26.7 Å². The van der Waals surface area contributed by atoms with Gasteiger partial charge in [0.05, 0.1) is 15.7 Å². The molecule has 1 aliphatic carbocycles. The number of nitrogens with zero attached hydrogens (tertiary/aromatic N) is 3. The minimum absolute atomic E-state index is 0.0358. The third-order valence-corrected chi connectivity index (χ3v) is 6.22. The van der Waals surface area contributed by atoms with Crippen LogP contribution in [0.1, 0.15) is 37.7 Å². The summed E-state index contributed by atoms with van der Waals surface area (Å²) in [4.78, 5) is 10.3. The molecule has 33 heavy (non-hydrogen) atoms. The Morgan fingerprint density at radius 2 is 1.64 bits per heavy atom. The van der Waals surface area contributed by atoms with Gasteiger partial charge in [-0.15, -0.1) is 0 Å². The Morgan fingerprint density at radius 3 is 2.24 bits per heavy atom. The van der Waals surface area contributed by atoms with E-state index in [1.807, 2.05) is 0 Å².